The summed E-state index contributed by atoms with van der Waals surface area (Å²) in [7, 11) is 0. The molecule has 0 aliphatic heterocycles. The Hall–Kier alpha value is -1.39. The van der Waals surface area contributed by atoms with Crippen molar-refractivity contribution in [3.63, 3.8) is 0 Å². The molecular weight excluding hydrogens is 404 g/mol. The van der Waals surface area contributed by atoms with Gasteiger partial charge in [0.25, 0.3) is 5.91 Å². The first-order valence-electron chi connectivity index (χ1n) is 6.16. The fourth-order valence-corrected chi connectivity index (χ4v) is 4.64. The van der Waals surface area contributed by atoms with Gasteiger partial charge in [0, 0.05) is 0 Å². The van der Waals surface area contributed by atoms with Crippen LogP contribution in [0.4, 0.5) is 0 Å². The van der Waals surface area contributed by atoms with Gasteiger partial charge >= 0.3 is 0 Å². The zero-order valence-corrected chi connectivity index (χ0v) is 15.0. The lowest BCUT2D eigenvalue weighted by Crippen LogP contribution is -2.16. The Balaban J connectivity index is 2.20. The van der Waals surface area contributed by atoms with Crippen LogP contribution < -0.4 is 4.80 Å². The second kappa shape index (κ2) is 6.39. The quantitative estimate of drug-likeness (QED) is 0.569. The number of amides is 1. The number of benzene rings is 1. The van der Waals surface area contributed by atoms with Gasteiger partial charge in [0.15, 0.2) is 4.80 Å². The first kappa shape index (κ1) is 15.5. The van der Waals surface area contributed by atoms with Gasteiger partial charge in [-0.2, -0.15) is 4.99 Å². The molecule has 22 heavy (non-hydrogen) atoms. The normalized spacial score (nSPS) is 11.8. The van der Waals surface area contributed by atoms with E-state index in [1.54, 1.807) is 16.7 Å². The number of carbonyl (C=O) groups excluding carboxylic acids is 1. The molecule has 0 unspecified atom stereocenters. The molecule has 0 spiro atoms. The second-order valence-corrected chi connectivity index (χ2v) is 8.16. The Morgan fingerprint density at radius 3 is 2.86 bits per heavy atom. The van der Waals surface area contributed by atoms with Crippen molar-refractivity contribution in [3.05, 3.63) is 48.8 Å². The standard InChI is InChI=1S/C15H8BrClN2OS2/c1-2-8-19-13-9(17)4-3-5-10(13)22-15(19)18-14(20)11-6-7-12(16)21-11/h1,3-7H,8H2. The van der Waals surface area contributed by atoms with E-state index in [1.165, 1.54) is 22.7 Å². The van der Waals surface area contributed by atoms with Gasteiger partial charge in [0.2, 0.25) is 0 Å². The molecule has 0 radical (unpaired) electrons. The summed E-state index contributed by atoms with van der Waals surface area (Å²) in [5.74, 6) is 2.29. The maximum Gasteiger partial charge on any atom is 0.289 e. The predicted octanol–water partition coefficient (Wildman–Crippen LogP) is 4.55. The monoisotopic (exact) mass is 410 g/mol. The average molecular weight is 412 g/mol. The van der Waals surface area contributed by atoms with Crippen LogP contribution in [0.2, 0.25) is 5.02 Å². The number of nitrogens with zero attached hydrogens (tertiary/aromatic N) is 2. The highest BCUT2D eigenvalue weighted by molar-refractivity contribution is 9.11. The number of hydrogen-bond donors (Lipinski definition) is 0. The summed E-state index contributed by atoms with van der Waals surface area (Å²) >= 11 is 12.3. The van der Waals surface area contributed by atoms with Crippen LogP contribution in [-0.2, 0) is 6.54 Å². The third kappa shape index (κ3) is 2.90. The second-order valence-electron chi connectivity index (χ2n) is 4.28. The molecule has 0 fully saturated rings. The average Bonchev–Trinajstić information content (AvgIpc) is 3.05. The van der Waals surface area contributed by atoms with Gasteiger partial charge < -0.3 is 4.57 Å². The van der Waals surface area contributed by atoms with Crippen molar-refractivity contribution in [3.8, 4) is 12.3 Å². The van der Waals surface area contributed by atoms with Crippen LogP contribution in [-0.4, -0.2) is 10.5 Å². The molecule has 0 bridgehead atoms. The minimum Gasteiger partial charge on any atom is -0.303 e. The summed E-state index contributed by atoms with van der Waals surface area (Å²) in [6.45, 7) is 0.310. The molecular formula is C15H8BrClN2OS2. The van der Waals surface area contributed by atoms with Crippen molar-refractivity contribution in [1.29, 1.82) is 0 Å². The van der Waals surface area contributed by atoms with Gasteiger partial charge in [0.1, 0.15) is 0 Å². The molecule has 3 rings (SSSR count). The number of para-hydroxylation sites is 1. The SMILES string of the molecule is C#CCn1c(=NC(=O)c2ccc(Br)s2)sc2cccc(Cl)c21. The Morgan fingerprint density at radius 2 is 2.18 bits per heavy atom. The Labute approximate surface area is 148 Å². The lowest BCUT2D eigenvalue weighted by molar-refractivity contribution is 0.100. The molecule has 0 saturated carbocycles. The van der Waals surface area contributed by atoms with E-state index in [-0.39, 0.29) is 5.91 Å². The fraction of sp³-hybridized carbons (Fsp3) is 0.0667. The molecule has 3 nitrogen and oxygen atoms in total. The molecule has 7 heteroatoms. The zero-order chi connectivity index (χ0) is 15.7. The van der Waals surface area contributed by atoms with Crippen LogP contribution in [0.25, 0.3) is 10.2 Å². The molecule has 3 aromatic rings. The number of hydrogen-bond acceptors (Lipinski definition) is 3. The molecule has 2 aromatic heterocycles. The molecule has 0 atom stereocenters. The van der Waals surface area contributed by atoms with Crippen molar-refractivity contribution >= 4 is 66.3 Å². The summed E-state index contributed by atoms with van der Waals surface area (Å²) in [6.07, 6.45) is 5.43. The van der Waals surface area contributed by atoms with E-state index < -0.39 is 0 Å². The summed E-state index contributed by atoms with van der Waals surface area (Å²) in [5, 5.41) is 0.594. The first-order valence-corrected chi connectivity index (χ1v) is 8.96. The number of terminal acetylenes is 1. The van der Waals surface area contributed by atoms with Crippen molar-refractivity contribution in [2.24, 2.45) is 4.99 Å². The van der Waals surface area contributed by atoms with Gasteiger partial charge in [-0.1, -0.05) is 34.9 Å². The minimum absolute atomic E-state index is 0.288. The van der Waals surface area contributed by atoms with E-state index in [0.29, 0.717) is 21.2 Å². The van der Waals surface area contributed by atoms with Gasteiger partial charge in [-0.05, 0) is 40.2 Å². The molecule has 0 saturated heterocycles. The maximum absolute atomic E-state index is 12.3. The minimum atomic E-state index is -0.288. The molecule has 110 valence electrons. The fourth-order valence-electron chi connectivity index (χ4n) is 1.98. The van der Waals surface area contributed by atoms with Crippen LogP contribution in [0.5, 0.6) is 0 Å². The largest absolute Gasteiger partial charge is 0.303 e. The van der Waals surface area contributed by atoms with Gasteiger partial charge in [-0.15, -0.1) is 17.8 Å². The number of carbonyl (C=O) groups is 1. The first-order chi connectivity index (χ1) is 10.6. The van der Waals surface area contributed by atoms with E-state index in [9.17, 15) is 4.79 Å². The molecule has 0 N–H and O–H groups in total. The van der Waals surface area contributed by atoms with Gasteiger partial charge in [0.05, 0.1) is 30.4 Å². The number of halogens is 2. The number of rotatable bonds is 2. The van der Waals surface area contributed by atoms with E-state index in [1.807, 2.05) is 18.2 Å². The van der Waals surface area contributed by atoms with Crippen LogP contribution in [0, 0.1) is 12.3 Å². The van der Waals surface area contributed by atoms with Crippen LogP contribution >= 0.6 is 50.2 Å². The number of thiophene rings is 1. The van der Waals surface area contributed by atoms with E-state index in [2.05, 4.69) is 26.8 Å². The molecule has 0 aliphatic rings. The molecule has 1 amide bonds. The summed E-state index contributed by atoms with van der Waals surface area (Å²) < 4.78 is 3.63. The van der Waals surface area contributed by atoms with E-state index >= 15 is 0 Å². The summed E-state index contributed by atoms with van der Waals surface area (Å²) in [6, 6.07) is 9.16. The highest BCUT2D eigenvalue weighted by Crippen LogP contribution is 2.26. The Kier molecular flexibility index (Phi) is 4.50. The van der Waals surface area contributed by atoms with E-state index in [0.717, 1.165) is 14.0 Å². The van der Waals surface area contributed by atoms with Crippen LogP contribution in [0.3, 0.4) is 0 Å². The van der Waals surface area contributed by atoms with E-state index in [4.69, 9.17) is 18.0 Å². The lowest BCUT2D eigenvalue weighted by Gasteiger charge is -2.01. The van der Waals surface area contributed by atoms with Crippen molar-refractivity contribution in [2.75, 3.05) is 0 Å². The molecule has 1 aromatic carbocycles. The zero-order valence-electron chi connectivity index (χ0n) is 11.0. The number of thiazole rings is 1. The third-order valence-electron chi connectivity index (χ3n) is 2.88. The number of aromatic nitrogens is 1. The van der Waals surface area contributed by atoms with Crippen molar-refractivity contribution in [1.82, 2.24) is 4.57 Å². The smallest absolute Gasteiger partial charge is 0.289 e. The highest BCUT2D eigenvalue weighted by Gasteiger charge is 2.12. The molecule has 2 heterocycles. The Morgan fingerprint density at radius 1 is 1.36 bits per heavy atom. The highest BCUT2D eigenvalue weighted by atomic mass is 79.9. The maximum atomic E-state index is 12.3. The van der Waals surface area contributed by atoms with Crippen molar-refractivity contribution in [2.45, 2.75) is 6.54 Å². The Bertz CT molecular complexity index is 977. The lowest BCUT2D eigenvalue weighted by atomic mass is 10.3. The molecule has 0 aliphatic carbocycles. The van der Waals surface area contributed by atoms with Crippen LogP contribution in [0.1, 0.15) is 9.67 Å². The number of fused-ring (bicyclic) bond motifs is 1. The third-order valence-corrected chi connectivity index (χ3v) is 5.84. The van der Waals surface area contributed by atoms with Crippen LogP contribution in [0.15, 0.2) is 39.1 Å². The predicted molar refractivity (Wildman–Crippen MR) is 95.6 cm³/mol. The van der Waals surface area contributed by atoms with Crippen molar-refractivity contribution < 1.29 is 4.79 Å². The summed E-state index contributed by atoms with van der Waals surface area (Å²) in [5.41, 5.74) is 0.811. The van der Waals surface area contributed by atoms with Gasteiger partial charge in [-0.25, -0.2) is 0 Å². The summed E-state index contributed by atoms with van der Waals surface area (Å²) in [4.78, 5) is 17.6. The topological polar surface area (TPSA) is 34.4 Å². The van der Waals surface area contributed by atoms with Gasteiger partial charge in [-0.3, -0.25) is 4.79 Å².